The summed E-state index contributed by atoms with van der Waals surface area (Å²) in [6.07, 6.45) is 25.3. The van der Waals surface area contributed by atoms with Gasteiger partial charge in [0.1, 0.15) is 5.75 Å². The lowest BCUT2D eigenvalue weighted by atomic mass is 9.78. The van der Waals surface area contributed by atoms with Crippen molar-refractivity contribution in [3.05, 3.63) is 48.2 Å². The van der Waals surface area contributed by atoms with E-state index in [2.05, 4.69) is 56.4 Å². The summed E-state index contributed by atoms with van der Waals surface area (Å²) in [7, 11) is 0. The number of nitrogens with zero attached hydrogens (tertiary/aromatic N) is 1. The molecule has 0 unspecified atom stereocenters. The predicted molar refractivity (Wildman–Crippen MR) is 151 cm³/mol. The van der Waals surface area contributed by atoms with Crippen LogP contribution >= 0.6 is 0 Å². The van der Waals surface area contributed by atoms with Crippen molar-refractivity contribution in [2.75, 3.05) is 6.61 Å². The van der Waals surface area contributed by atoms with Crippen LogP contribution in [0.5, 0.6) is 5.75 Å². The highest BCUT2D eigenvalue weighted by Crippen LogP contribution is 2.34. The molecule has 0 atom stereocenters. The van der Waals surface area contributed by atoms with E-state index in [1.165, 1.54) is 114 Å². The molecule has 0 spiro atoms. The van der Waals surface area contributed by atoms with Crippen molar-refractivity contribution in [2.45, 2.75) is 123 Å². The maximum absolute atomic E-state index is 5.93. The third-order valence-corrected chi connectivity index (χ3v) is 8.01. The van der Waals surface area contributed by atoms with Gasteiger partial charge in [0.15, 0.2) is 0 Å². The largest absolute Gasteiger partial charge is 0.494 e. The summed E-state index contributed by atoms with van der Waals surface area (Å²) in [5.74, 6) is 2.90. The normalized spacial score (nSPS) is 18.0. The van der Waals surface area contributed by atoms with Crippen LogP contribution in [0.2, 0.25) is 0 Å². The summed E-state index contributed by atoms with van der Waals surface area (Å²) >= 11 is 0. The Morgan fingerprint density at radius 3 is 1.97 bits per heavy atom. The SMILES string of the molecule is CCCCCCCCOc1ccc(-c2ccc(CCC3CCC(CCCCCC)CC3)cn2)cc1. The second-order valence-electron chi connectivity index (χ2n) is 11.0. The molecule has 0 bridgehead atoms. The number of aromatic nitrogens is 1. The van der Waals surface area contributed by atoms with E-state index in [4.69, 9.17) is 9.72 Å². The van der Waals surface area contributed by atoms with Gasteiger partial charge in [-0.3, -0.25) is 4.98 Å². The number of benzene rings is 1. The maximum Gasteiger partial charge on any atom is 0.119 e. The summed E-state index contributed by atoms with van der Waals surface area (Å²) < 4.78 is 5.93. The van der Waals surface area contributed by atoms with E-state index in [1.807, 2.05) is 0 Å². The van der Waals surface area contributed by atoms with Crippen molar-refractivity contribution >= 4 is 0 Å². The Morgan fingerprint density at radius 2 is 1.31 bits per heavy atom. The molecular weight excluding hydrogens is 426 g/mol. The zero-order valence-electron chi connectivity index (χ0n) is 22.8. The maximum atomic E-state index is 5.93. The molecule has 1 aliphatic rings. The quantitative estimate of drug-likeness (QED) is 0.211. The van der Waals surface area contributed by atoms with Crippen LogP contribution in [0.4, 0.5) is 0 Å². The molecule has 1 aromatic carbocycles. The van der Waals surface area contributed by atoms with Crippen LogP contribution < -0.4 is 4.74 Å². The molecule has 35 heavy (non-hydrogen) atoms. The Kier molecular flexibility index (Phi) is 13.3. The van der Waals surface area contributed by atoms with Crippen molar-refractivity contribution in [1.29, 1.82) is 0 Å². The van der Waals surface area contributed by atoms with Crippen LogP contribution in [0.3, 0.4) is 0 Å². The number of pyridine rings is 1. The van der Waals surface area contributed by atoms with E-state index in [0.29, 0.717) is 0 Å². The number of hydrogen-bond donors (Lipinski definition) is 0. The van der Waals surface area contributed by atoms with Gasteiger partial charge in [-0.05, 0) is 67.0 Å². The zero-order chi connectivity index (χ0) is 24.6. The Bertz CT molecular complexity index is 774. The topological polar surface area (TPSA) is 22.1 Å². The Balaban J connectivity index is 1.32. The van der Waals surface area contributed by atoms with E-state index >= 15 is 0 Å². The molecule has 0 radical (unpaired) electrons. The molecular formula is C33H51NO. The molecule has 1 heterocycles. The highest BCUT2D eigenvalue weighted by atomic mass is 16.5. The molecule has 0 saturated heterocycles. The Morgan fingerprint density at radius 1 is 0.686 bits per heavy atom. The van der Waals surface area contributed by atoms with E-state index < -0.39 is 0 Å². The number of rotatable bonds is 17. The molecule has 2 heteroatoms. The van der Waals surface area contributed by atoms with Crippen LogP contribution in [0.1, 0.15) is 122 Å². The summed E-state index contributed by atoms with van der Waals surface area (Å²) in [4.78, 5) is 4.77. The minimum Gasteiger partial charge on any atom is -0.494 e. The van der Waals surface area contributed by atoms with Gasteiger partial charge in [0, 0.05) is 11.8 Å². The number of unbranched alkanes of at least 4 members (excludes halogenated alkanes) is 8. The van der Waals surface area contributed by atoms with Gasteiger partial charge >= 0.3 is 0 Å². The summed E-state index contributed by atoms with van der Waals surface area (Å²) in [5, 5.41) is 0. The fourth-order valence-electron chi connectivity index (χ4n) is 5.58. The van der Waals surface area contributed by atoms with Gasteiger partial charge < -0.3 is 4.74 Å². The molecule has 0 aliphatic heterocycles. The first-order valence-electron chi connectivity index (χ1n) is 15.0. The van der Waals surface area contributed by atoms with E-state index in [1.54, 1.807) is 0 Å². The van der Waals surface area contributed by atoms with Crippen LogP contribution in [0.25, 0.3) is 11.3 Å². The molecule has 1 fully saturated rings. The summed E-state index contributed by atoms with van der Waals surface area (Å²) in [6, 6.07) is 12.9. The van der Waals surface area contributed by atoms with Crippen molar-refractivity contribution < 1.29 is 4.74 Å². The van der Waals surface area contributed by atoms with E-state index in [-0.39, 0.29) is 0 Å². The molecule has 1 aliphatic carbocycles. The average Bonchev–Trinajstić information content (AvgIpc) is 2.91. The number of aryl methyl sites for hydroxylation is 1. The average molecular weight is 478 g/mol. The molecule has 0 amide bonds. The highest BCUT2D eigenvalue weighted by Gasteiger charge is 2.20. The lowest BCUT2D eigenvalue weighted by molar-refractivity contribution is 0.249. The van der Waals surface area contributed by atoms with Crippen molar-refractivity contribution in [3.63, 3.8) is 0 Å². The van der Waals surface area contributed by atoms with Crippen molar-refractivity contribution in [2.24, 2.45) is 11.8 Å². The first-order valence-corrected chi connectivity index (χ1v) is 15.0. The molecule has 1 saturated carbocycles. The summed E-state index contributed by atoms with van der Waals surface area (Å²) in [6.45, 7) is 5.39. The number of ether oxygens (including phenoxy) is 1. The molecule has 3 rings (SSSR count). The van der Waals surface area contributed by atoms with Gasteiger partial charge in [0.05, 0.1) is 12.3 Å². The van der Waals surface area contributed by atoms with Crippen LogP contribution in [0, 0.1) is 11.8 Å². The smallest absolute Gasteiger partial charge is 0.119 e. The van der Waals surface area contributed by atoms with E-state index in [0.717, 1.165) is 36.3 Å². The second kappa shape index (κ2) is 16.8. The lowest BCUT2D eigenvalue weighted by Gasteiger charge is -2.28. The molecule has 2 nitrogen and oxygen atoms in total. The summed E-state index contributed by atoms with van der Waals surface area (Å²) in [5.41, 5.74) is 3.61. The predicted octanol–water partition coefficient (Wildman–Crippen LogP) is 10.2. The third-order valence-electron chi connectivity index (χ3n) is 8.01. The lowest BCUT2D eigenvalue weighted by Crippen LogP contribution is -2.15. The van der Waals surface area contributed by atoms with Crippen molar-refractivity contribution in [3.8, 4) is 17.0 Å². The standard InChI is InChI=1S/C33H51NO/c1-3-5-7-9-10-12-26-35-32-23-21-31(22-24-32)33-25-20-30(27-34-33)19-18-29-16-14-28(15-17-29)13-11-8-6-4-2/h20-25,27-29H,3-19,26H2,1-2H3. The molecule has 1 aromatic heterocycles. The molecule has 0 N–H and O–H groups in total. The Hall–Kier alpha value is -1.83. The van der Waals surface area contributed by atoms with Gasteiger partial charge in [-0.1, -0.05) is 110 Å². The Labute approximate surface area is 216 Å². The number of hydrogen-bond acceptors (Lipinski definition) is 2. The van der Waals surface area contributed by atoms with Gasteiger partial charge in [-0.25, -0.2) is 0 Å². The van der Waals surface area contributed by atoms with Crippen molar-refractivity contribution in [1.82, 2.24) is 4.98 Å². The molecule has 194 valence electrons. The second-order valence-corrected chi connectivity index (χ2v) is 11.0. The van der Waals surface area contributed by atoms with Gasteiger partial charge in [-0.2, -0.15) is 0 Å². The first-order chi connectivity index (χ1) is 17.3. The highest BCUT2D eigenvalue weighted by molar-refractivity contribution is 5.60. The fourth-order valence-corrected chi connectivity index (χ4v) is 5.58. The monoisotopic (exact) mass is 477 g/mol. The van der Waals surface area contributed by atoms with Gasteiger partial charge in [0.2, 0.25) is 0 Å². The third kappa shape index (κ3) is 10.8. The van der Waals surface area contributed by atoms with E-state index in [9.17, 15) is 0 Å². The zero-order valence-corrected chi connectivity index (χ0v) is 22.8. The fraction of sp³-hybridized carbons (Fsp3) is 0.667. The van der Waals surface area contributed by atoms with Crippen LogP contribution in [-0.2, 0) is 6.42 Å². The van der Waals surface area contributed by atoms with Crippen LogP contribution in [-0.4, -0.2) is 11.6 Å². The first kappa shape index (κ1) is 27.8. The van der Waals surface area contributed by atoms with Gasteiger partial charge in [-0.15, -0.1) is 0 Å². The van der Waals surface area contributed by atoms with Gasteiger partial charge in [0.25, 0.3) is 0 Å². The molecule has 2 aromatic rings. The minimum atomic E-state index is 0.818. The van der Waals surface area contributed by atoms with Crippen LogP contribution in [0.15, 0.2) is 42.6 Å². The minimum absolute atomic E-state index is 0.818.